The van der Waals surface area contributed by atoms with E-state index in [4.69, 9.17) is 10.0 Å². The second-order valence-electron chi connectivity index (χ2n) is 3.33. The van der Waals surface area contributed by atoms with Gasteiger partial charge in [0.25, 0.3) is 0 Å². The van der Waals surface area contributed by atoms with Gasteiger partial charge in [-0.1, -0.05) is 18.2 Å². The molecule has 1 aromatic heterocycles. The number of aromatic nitrogens is 2. The molecule has 0 aliphatic carbocycles. The molecule has 0 fully saturated rings. The molecule has 2 N–H and O–H groups in total. The van der Waals surface area contributed by atoms with E-state index in [0.29, 0.717) is 5.59 Å². The molecule has 0 spiro atoms. The molecule has 0 aliphatic heterocycles. The molecule has 0 saturated heterocycles. The summed E-state index contributed by atoms with van der Waals surface area (Å²) in [5, 5.41) is 22.3. The van der Waals surface area contributed by atoms with Crippen LogP contribution in [0.3, 0.4) is 0 Å². The van der Waals surface area contributed by atoms with Crippen LogP contribution < -0.4 is 5.59 Å². The van der Waals surface area contributed by atoms with E-state index in [1.165, 1.54) is 4.68 Å². The quantitative estimate of drug-likeness (QED) is 0.666. The Hall–Kier alpha value is -1.59. The zero-order valence-corrected chi connectivity index (χ0v) is 8.33. The lowest BCUT2D eigenvalue weighted by atomic mass is 9.86. The lowest BCUT2D eigenvalue weighted by Crippen LogP contribution is -2.36. The van der Waals surface area contributed by atoms with Gasteiger partial charge < -0.3 is 10.0 Å². The number of nitrogens with zero attached hydrogens (tertiary/aromatic N) is 2. The van der Waals surface area contributed by atoms with Gasteiger partial charge in [0.15, 0.2) is 0 Å². The molecule has 1 heterocycles. The maximum atomic E-state index is 9.14. The minimum atomic E-state index is -1.51. The summed E-state index contributed by atoms with van der Waals surface area (Å²) in [6.07, 6.45) is 1.54. The molecule has 76 valence electrons. The van der Waals surface area contributed by atoms with Crippen LogP contribution in [0.25, 0.3) is 5.69 Å². The topological polar surface area (TPSA) is 58.3 Å². The van der Waals surface area contributed by atoms with Gasteiger partial charge in [0.05, 0.1) is 11.3 Å². The van der Waals surface area contributed by atoms with Crippen molar-refractivity contribution >= 4 is 12.7 Å². The number of hydrogen-bond donors (Lipinski definition) is 2. The predicted molar refractivity (Wildman–Crippen MR) is 58.1 cm³/mol. The van der Waals surface area contributed by atoms with Crippen molar-refractivity contribution in [2.24, 2.45) is 0 Å². The van der Waals surface area contributed by atoms with Gasteiger partial charge in [-0.15, -0.1) is 0 Å². The summed E-state index contributed by atoms with van der Waals surface area (Å²) < 4.78 is 1.53. The van der Waals surface area contributed by atoms with Gasteiger partial charge in [0.2, 0.25) is 0 Å². The highest BCUT2D eigenvalue weighted by Gasteiger charge is 2.18. The number of rotatable bonds is 2. The van der Waals surface area contributed by atoms with Gasteiger partial charge >= 0.3 is 7.12 Å². The minimum Gasteiger partial charge on any atom is -0.422 e. The summed E-state index contributed by atoms with van der Waals surface area (Å²) in [5.74, 6) is 0. The first-order valence-corrected chi connectivity index (χ1v) is 4.66. The molecule has 4 nitrogen and oxygen atoms in total. The molecule has 0 radical (unpaired) electrons. The van der Waals surface area contributed by atoms with Crippen LogP contribution in [0.15, 0.2) is 36.5 Å². The van der Waals surface area contributed by atoms with E-state index in [9.17, 15) is 0 Å². The van der Waals surface area contributed by atoms with E-state index in [1.807, 2.05) is 31.2 Å². The Morgan fingerprint density at radius 3 is 2.60 bits per heavy atom. The Bertz CT molecular complexity index is 468. The summed E-state index contributed by atoms with van der Waals surface area (Å²) in [6.45, 7) is 1.95. The van der Waals surface area contributed by atoms with Crippen LogP contribution in [0, 0.1) is 6.92 Å². The highest BCUT2D eigenvalue weighted by atomic mass is 16.4. The van der Waals surface area contributed by atoms with Crippen molar-refractivity contribution < 1.29 is 10.0 Å². The van der Waals surface area contributed by atoms with Gasteiger partial charge in [0.1, 0.15) is 0 Å². The zero-order chi connectivity index (χ0) is 10.8. The van der Waals surface area contributed by atoms with Crippen molar-refractivity contribution in [2.45, 2.75) is 6.92 Å². The molecule has 0 aliphatic rings. The molecule has 2 aromatic rings. The van der Waals surface area contributed by atoms with Crippen molar-refractivity contribution in [1.82, 2.24) is 9.78 Å². The zero-order valence-electron chi connectivity index (χ0n) is 8.33. The van der Waals surface area contributed by atoms with E-state index < -0.39 is 7.12 Å². The van der Waals surface area contributed by atoms with Crippen LogP contribution in [0.5, 0.6) is 0 Å². The van der Waals surface area contributed by atoms with Crippen LogP contribution >= 0.6 is 0 Å². The van der Waals surface area contributed by atoms with Crippen molar-refractivity contribution in [2.75, 3.05) is 0 Å². The van der Waals surface area contributed by atoms with Gasteiger partial charge in [0, 0.05) is 6.20 Å². The number of para-hydroxylation sites is 1. The smallest absolute Gasteiger partial charge is 0.422 e. The third-order valence-electron chi connectivity index (χ3n) is 2.28. The first-order chi connectivity index (χ1) is 7.20. The second kappa shape index (κ2) is 3.88. The normalized spacial score (nSPS) is 10.3. The molecular formula is C10H11BN2O2. The van der Waals surface area contributed by atoms with E-state index in [2.05, 4.69) is 5.10 Å². The number of aryl methyl sites for hydroxylation is 1. The summed E-state index contributed by atoms with van der Waals surface area (Å²) in [4.78, 5) is 0. The van der Waals surface area contributed by atoms with Gasteiger partial charge in [-0.2, -0.15) is 5.10 Å². The summed E-state index contributed by atoms with van der Waals surface area (Å²) in [6, 6.07) is 9.23. The third-order valence-corrected chi connectivity index (χ3v) is 2.28. The average Bonchev–Trinajstić information content (AvgIpc) is 2.67. The fraction of sp³-hybridized carbons (Fsp3) is 0.100. The van der Waals surface area contributed by atoms with Gasteiger partial charge in [-0.3, -0.25) is 0 Å². The fourth-order valence-corrected chi connectivity index (χ4v) is 1.51. The van der Waals surface area contributed by atoms with E-state index in [1.54, 1.807) is 12.3 Å². The summed E-state index contributed by atoms with van der Waals surface area (Å²) in [7, 11) is -1.51. The standard InChI is InChI=1S/C10H11BN2O2/c1-8-4-2-3-5-9(8)13-10(11(14)15)6-7-12-13/h2-7,14-15H,1H3. The number of benzene rings is 1. The Morgan fingerprint density at radius 2 is 1.93 bits per heavy atom. The Morgan fingerprint density at radius 1 is 1.20 bits per heavy atom. The molecule has 2 rings (SSSR count). The largest absolute Gasteiger partial charge is 0.508 e. The second-order valence-corrected chi connectivity index (χ2v) is 3.33. The van der Waals surface area contributed by atoms with E-state index in [-0.39, 0.29) is 0 Å². The molecule has 0 atom stereocenters. The molecule has 5 heteroatoms. The first-order valence-electron chi connectivity index (χ1n) is 4.66. The molecular weight excluding hydrogens is 191 g/mol. The lowest BCUT2D eigenvalue weighted by Gasteiger charge is -2.09. The van der Waals surface area contributed by atoms with Crippen LogP contribution in [0.1, 0.15) is 5.56 Å². The van der Waals surface area contributed by atoms with Crippen molar-refractivity contribution in [3.63, 3.8) is 0 Å². The van der Waals surface area contributed by atoms with Crippen LogP contribution in [0.2, 0.25) is 0 Å². The summed E-state index contributed by atoms with van der Waals surface area (Å²) >= 11 is 0. The molecule has 0 bridgehead atoms. The maximum absolute atomic E-state index is 9.14. The van der Waals surface area contributed by atoms with Crippen LogP contribution in [0.4, 0.5) is 0 Å². The highest BCUT2D eigenvalue weighted by molar-refractivity contribution is 6.57. The fourth-order valence-electron chi connectivity index (χ4n) is 1.51. The van der Waals surface area contributed by atoms with Crippen molar-refractivity contribution in [3.8, 4) is 5.69 Å². The first kappa shape index (κ1) is 9.95. The Labute approximate surface area is 87.9 Å². The third kappa shape index (κ3) is 1.79. The van der Waals surface area contributed by atoms with E-state index in [0.717, 1.165) is 11.3 Å². The van der Waals surface area contributed by atoms with Crippen molar-refractivity contribution in [1.29, 1.82) is 0 Å². The average molecular weight is 202 g/mol. The molecule has 0 unspecified atom stereocenters. The Kier molecular flexibility index (Phi) is 2.57. The molecule has 0 saturated carbocycles. The van der Waals surface area contributed by atoms with E-state index >= 15 is 0 Å². The van der Waals surface area contributed by atoms with Gasteiger partial charge in [-0.25, -0.2) is 4.68 Å². The maximum Gasteiger partial charge on any atom is 0.508 e. The predicted octanol–water partition coefficient (Wildman–Crippen LogP) is -0.139. The minimum absolute atomic E-state index is 0.365. The SMILES string of the molecule is Cc1ccccc1-n1nccc1B(O)O. The molecule has 0 amide bonds. The van der Waals surface area contributed by atoms with Crippen molar-refractivity contribution in [3.05, 3.63) is 42.1 Å². The summed E-state index contributed by atoms with van der Waals surface area (Å²) in [5.41, 5.74) is 2.25. The highest BCUT2D eigenvalue weighted by Crippen LogP contribution is 2.10. The van der Waals surface area contributed by atoms with Crippen LogP contribution in [-0.2, 0) is 0 Å². The number of hydrogen-bond acceptors (Lipinski definition) is 3. The Balaban J connectivity index is 2.55. The lowest BCUT2D eigenvalue weighted by molar-refractivity contribution is 0.423. The molecule has 1 aromatic carbocycles. The monoisotopic (exact) mass is 202 g/mol. The van der Waals surface area contributed by atoms with Crippen LogP contribution in [-0.4, -0.2) is 26.9 Å². The molecule has 15 heavy (non-hydrogen) atoms. The van der Waals surface area contributed by atoms with Gasteiger partial charge in [-0.05, 0) is 24.6 Å².